The van der Waals surface area contributed by atoms with Crippen molar-refractivity contribution >= 4 is 11.7 Å². The van der Waals surface area contributed by atoms with Crippen LogP contribution in [0.3, 0.4) is 0 Å². The number of Topliss-reactive ketones (excluding diaryl/α,β-unsaturated/α-hetero) is 1. The van der Waals surface area contributed by atoms with E-state index in [1.807, 2.05) is 13.8 Å². The zero-order chi connectivity index (χ0) is 14.4. The van der Waals surface area contributed by atoms with Crippen LogP contribution in [0.25, 0.3) is 0 Å². The molecule has 19 heavy (non-hydrogen) atoms. The summed E-state index contributed by atoms with van der Waals surface area (Å²) in [6.07, 6.45) is 1.86. The summed E-state index contributed by atoms with van der Waals surface area (Å²) in [5.74, 6) is -0.305. The van der Waals surface area contributed by atoms with E-state index in [0.29, 0.717) is 12.1 Å². The van der Waals surface area contributed by atoms with E-state index in [2.05, 4.69) is 5.32 Å². The number of unbranched alkanes of at least 4 members (excludes halogenated alkanes) is 1. The molecular formula is C15H21NO3. The smallest absolute Gasteiger partial charge is 0.292 e. The molecule has 0 radical (unpaired) electrons. The van der Waals surface area contributed by atoms with Gasteiger partial charge in [0, 0.05) is 12.1 Å². The highest BCUT2D eigenvalue weighted by Crippen LogP contribution is 2.22. The van der Waals surface area contributed by atoms with Crippen molar-refractivity contribution in [1.29, 1.82) is 0 Å². The van der Waals surface area contributed by atoms with E-state index in [1.54, 1.807) is 26.2 Å². The van der Waals surface area contributed by atoms with Gasteiger partial charge >= 0.3 is 0 Å². The minimum atomic E-state index is -0.541. The first-order valence-electron chi connectivity index (χ1n) is 6.49. The normalized spacial score (nSPS) is 10.1. The number of aryl methyl sites for hydroxylation is 2. The number of ketones is 1. The summed E-state index contributed by atoms with van der Waals surface area (Å²) in [5.41, 5.74) is 2.03. The minimum Gasteiger partial charge on any atom is -0.496 e. The van der Waals surface area contributed by atoms with Gasteiger partial charge in [-0.05, 0) is 43.5 Å². The monoisotopic (exact) mass is 263 g/mol. The van der Waals surface area contributed by atoms with Gasteiger partial charge in [-0.25, -0.2) is 0 Å². The maximum absolute atomic E-state index is 12.1. The second-order valence-corrected chi connectivity index (χ2v) is 4.58. The Hall–Kier alpha value is -1.84. The largest absolute Gasteiger partial charge is 0.496 e. The lowest BCUT2D eigenvalue weighted by Crippen LogP contribution is -2.32. The van der Waals surface area contributed by atoms with E-state index in [4.69, 9.17) is 4.74 Å². The van der Waals surface area contributed by atoms with Gasteiger partial charge in [-0.15, -0.1) is 0 Å². The summed E-state index contributed by atoms with van der Waals surface area (Å²) in [4.78, 5) is 23.8. The standard InChI is InChI=1S/C15H21NO3/c1-5-6-7-16-15(18)14(17)12-8-11(3)13(19-4)9-10(12)2/h8-9H,5-7H2,1-4H3,(H,16,18). The summed E-state index contributed by atoms with van der Waals surface area (Å²) in [6.45, 7) is 6.22. The van der Waals surface area contributed by atoms with Gasteiger partial charge in [-0.3, -0.25) is 9.59 Å². The maximum atomic E-state index is 12.1. The van der Waals surface area contributed by atoms with Gasteiger partial charge in [0.1, 0.15) is 5.75 Å². The molecule has 0 saturated carbocycles. The van der Waals surface area contributed by atoms with E-state index in [-0.39, 0.29) is 0 Å². The van der Waals surface area contributed by atoms with Crippen LogP contribution in [-0.2, 0) is 4.79 Å². The fraction of sp³-hybridized carbons (Fsp3) is 0.467. The molecule has 0 aliphatic carbocycles. The van der Waals surface area contributed by atoms with Gasteiger partial charge in [-0.1, -0.05) is 13.3 Å². The molecule has 0 spiro atoms. The highest BCUT2D eigenvalue weighted by atomic mass is 16.5. The molecule has 0 fully saturated rings. The third kappa shape index (κ3) is 3.81. The predicted octanol–water partition coefficient (Wildman–Crippen LogP) is 2.41. The SMILES string of the molecule is CCCCNC(=O)C(=O)c1cc(C)c(OC)cc1C. The predicted molar refractivity (Wildman–Crippen MR) is 74.7 cm³/mol. The van der Waals surface area contributed by atoms with E-state index < -0.39 is 11.7 Å². The number of hydrogen-bond acceptors (Lipinski definition) is 3. The molecule has 104 valence electrons. The molecule has 0 aliphatic rings. The van der Waals surface area contributed by atoms with Crippen molar-refractivity contribution in [2.45, 2.75) is 33.6 Å². The molecule has 1 amide bonds. The Bertz CT molecular complexity index is 481. The van der Waals surface area contributed by atoms with E-state index in [0.717, 1.165) is 29.7 Å². The number of carbonyl (C=O) groups excluding carboxylic acids is 2. The molecule has 4 heteroatoms. The molecule has 0 aromatic heterocycles. The topological polar surface area (TPSA) is 55.4 Å². The Kier molecular flexibility index (Phi) is 5.55. The zero-order valence-corrected chi connectivity index (χ0v) is 12.0. The van der Waals surface area contributed by atoms with E-state index in [1.165, 1.54) is 0 Å². The van der Waals surface area contributed by atoms with Crippen molar-refractivity contribution in [1.82, 2.24) is 5.32 Å². The highest BCUT2D eigenvalue weighted by molar-refractivity contribution is 6.43. The molecule has 0 unspecified atom stereocenters. The van der Waals surface area contributed by atoms with Crippen molar-refractivity contribution in [3.63, 3.8) is 0 Å². The number of benzene rings is 1. The summed E-state index contributed by atoms with van der Waals surface area (Å²) < 4.78 is 5.19. The van der Waals surface area contributed by atoms with Crippen LogP contribution in [0.15, 0.2) is 12.1 Å². The van der Waals surface area contributed by atoms with Gasteiger partial charge in [-0.2, -0.15) is 0 Å². The number of nitrogens with one attached hydrogen (secondary N) is 1. The molecule has 0 heterocycles. The van der Waals surface area contributed by atoms with Crippen molar-refractivity contribution in [3.8, 4) is 5.75 Å². The van der Waals surface area contributed by atoms with Crippen LogP contribution in [0.1, 0.15) is 41.3 Å². The molecule has 1 aromatic rings. The van der Waals surface area contributed by atoms with Crippen LogP contribution in [0.5, 0.6) is 5.75 Å². The first kappa shape index (κ1) is 15.2. The molecule has 0 atom stereocenters. The first-order chi connectivity index (χ1) is 9.01. The third-order valence-corrected chi connectivity index (χ3v) is 3.01. The fourth-order valence-corrected chi connectivity index (χ4v) is 1.84. The summed E-state index contributed by atoms with van der Waals surface area (Å²) in [5, 5.41) is 2.64. The van der Waals surface area contributed by atoms with Crippen molar-refractivity contribution < 1.29 is 14.3 Å². The van der Waals surface area contributed by atoms with Gasteiger partial charge in [0.2, 0.25) is 5.78 Å². The average molecular weight is 263 g/mol. The quantitative estimate of drug-likeness (QED) is 0.487. The summed E-state index contributed by atoms with van der Waals surface area (Å²) in [7, 11) is 1.58. The van der Waals surface area contributed by atoms with Crippen LogP contribution < -0.4 is 10.1 Å². The van der Waals surface area contributed by atoms with Gasteiger partial charge in [0.15, 0.2) is 0 Å². The van der Waals surface area contributed by atoms with Gasteiger partial charge in [0.05, 0.1) is 7.11 Å². The lowest BCUT2D eigenvalue weighted by molar-refractivity contribution is -0.117. The number of ether oxygens (including phenoxy) is 1. The number of methoxy groups -OCH3 is 1. The van der Waals surface area contributed by atoms with Crippen molar-refractivity contribution in [2.75, 3.05) is 13.7 Å². The summed E-state index contributed by atoms with van der Waals surface area (Å²) >= 11 is 0. The number of carbonyl (C=O) groups is 2. The number of rotatable bonds is 6. The van der Waals surface area contributed by atoms with Crippen molar-refractivity contribution in [3.05, 3.63) is 28.8 Å². The third-order valence-electron chi connectivity index (χ3n) is 3.01. The van der Waals surface area contributed by atoms with Crippen LogP contribution in [0.2, 0.25) is 0 Å². The Morgan fingerprint density at radius 3 is 2.47 bits per heavy atom. The molecule has 1 rings (SSSR count). The van der Waals surface area contributed by atoms with Gasteiger partial charge < -0.3 is 10.1 Å². The fourth-order valence-electron chi connectivity index (χ4n) is 1.84. The summed E-state index contributed by atoms with van der Waals surface area (Å²) in [6, 6.07) is 3.48. The lowest BCUT2D eigenvalue weighted by atomic mass is 10.0. The molecule has 0 saturated heterocycles. The first-order valence-corrected chi connectivity index (χ1v) is 6.49. The number of amides is 1. The maximum Gasteiger partial charge on any atom is 0.292 e. The second-order valence-electron chi connectivity index (χ2n) is 4.58. The minimum absolute atomic E-state index is 0.437. The van der Waals surface area contributed by atoms with E-state index >= 15 is 0 Å². The highest BCUT2D eigenvalue weighted by Gasteiger charge is 2.19. The molecule has 0 bridgehead atoms. The molecule has 1 aromatic carbocycles. The second kappa shape index (κ2) is 6.92. The number of hydrogen-bond donors (Lipinski definition) is 1. The van der Waals surface area contributed by atoms with Crippen LogP contribution in [0, 0.1) is 13.8 Å². The zero-order valence-electron chi connectivity index (χ0n) is 12.0. The molecule has 1 N–H and O–H groups in total. The van der Waals surface area contributed by atoms with E-state index in [9.17, 15) is 9.59 Å². The van der Waals surface area contributed by atoms with Crippen LogP contribution in [-0.4, -0.2) is 25.3 Å². The molecule has 4 nitrogen and oxygen atoms in total. The lowest BCUT2D eigenvalue weighted by Gasteiger charge is -2.10. The van der Waals surface area contributed by atoms with Gasteiger partial charge in [0.25, 0.3) is 5.91 Å². The Morgan fingerprint density at radius 1 is 1.21 bits per heavy atom. The van der Waals surface area contributed by atoms with Crippen LogP contribution >= 0.6 is 0 Å². The molecule has 0 aliphatic heterocycles. The average Bonchev–Trinajstić information content (AvgIpc) is 2.40. The molecular weight excluding hydrogens is 242 g/mol. The Balaban J connectivity index is 2.88. The Morgan fingerprint density at radius 2 is 1.89 bits per heavy atom. The Labute approximate surface area is 114 Å². The van der Waals surface area contributed by atoms with Crippen molar-refractivity contribution in [2.24, 2.45) is 0 Å². The van der Waals surface area contributed by atoms with Crippen LogP contribution in [0.4, 0.5) is 0 Å².